The molecule has 102 valence electrons. The summed E-state index contributed by atoms with van der Waals surface area (Å²) in [6.07, 6.45) is 6.28. The van der Waals surface area contributed by atoms with E-state index in [4.69, 9.17) is 0 Å². The Labute approximate surface area is 113 Å². The van der Waals surface area contributed by atoms with Crippen LogP contribution in [0.15, 0.2) is 30.3 Å². The number of hydrogen-bond donors (Lipinski definition) is 1. The average molecular weight is 247 g/mol. The van der Waals surface area contributed by atoms with Crippen molar-refractivity contribution in [2.75, 3.05) is 6.54 Å². The first-order valence-electron chi connectivity index (χ1n) is 7.53. The van der Waals surface area contributed by atoms with Crippen molar-refractivity contribution in [1.29, 1.82) is 0 Å². The first-order valence-corrected chi connectivity index (χ1v) is 7.53. The molecule has 2 atom stereocenters. The molecule has 0 aromatic heterocycles. The molecular weight excluding hydrogens is 218 g/mol. The van der Waals surface area contributed by atoms with Gasteiger partial charge in [-0.25, -0.2) is 0 Å². The highest BCUT2D eigenvalue weighted by Crippen LogP contribution is 2.12. The highest BCUT2D eigenvalue weighted by molar-refractivity contribution is 5.14. The van der Waals surface area contributed by atoms with E-state index >= 15 is 0 Å². The van der Waals surface area contributed by atoms with E-state index in [1.54, 1.807) is 0 Å². The second kappa shape index (κ2) is 9.16. The van der Waals surface area contributed by atoms with Gasteiger partial charge < -0.3 is 5.32 Å². The van der Waals surface area contributed by atoms with E-state index in [-0.39, 0.29) is 0 Å². The van der Waals surface area contributed by atoms with Gasteiger partial charge in [0.25, 0.3) is 0 Å². The third-order valence-electron chi connectivity index (χ3n) is 3.79. The Morgan fingerprint density at radius 3 is 2.39 bits per heavy atom. The molecule has 0 fully saturated rings. The lowest BCUT2D eigenvalue weighted by molar-refractivity contribution is 0.384. The first kappa shape index (κ1) is 15.2. The van der Waals surface area contributed by atoms with Crippen molar-refractivity contribution >= 4 is 0 Å². The van der Waals surface area contributed by atoms with Crippen LogP contribution in [-0.2, 0) is 6.42 Å². The van der Waals surface area contributed by atoms with Gasteiger partial charge in [0.2, 0.25) is 0 Å². The zero-order valence-corrected chi connectivity index (χ0v) is 12.3. The molecule has 0 aliphatic heterocycles. The fraction of sp³-hybridized carbons (Fsp3) is 0.647. The lowest BCUT2D eigenvalue weighted by atomic mass is 9.97. The van der Waals surface area contributed by atoms with Crippen molar-refractivity contribution in [3.8, 4) is 0 Å². The van der Waals surface area contributed by atoms with E-state index in [0.717, 1.165) is 12.5 Å². The maximum Gasteiger partial charge on any atom is 0.00669 e. The summed E-state index contributed by atoms with van der Waals surface area (Å²) in [5, 5.41) is 3.70. The van der Waals surface area contributed by atoms with Crippen LogP contribution < -0.4 is 5.32 Å². The van der Waals surface area contributed by atoms with E-state index in [1.807, 2.05) is 0 Å². The summed E-state index contributed by atoms with van der Waals surface area (Å²) >= 11 is 0. The largest absolute Gasteiger partial charge is 0.314 e. The minimum atomic E-state index is 0.704. The predicted molar refractivity (Wildman–Crippen MR) is 80.9 cm³/mol. The maximum atomic E-state index is 3.70. The molecule has 18 heavy (non-hydrogen) atoms. The van der Waals surface area contributed by atoms with Gasteiger partial charge in [-0.3, -0.25) is 0 Å². The van der Waals surface area contributed by atoms with Crippen molar-refractivity contribution in [3.05, 3.63) is 35.9 Å². The van der Waals surface area contributed by atoms with Crippen LogP contribution >= 0.6 is 0 Å². The lowest BCUT2D eigenvalue weighted by Crippen LogP contribution is -2.31. The predicted octanol–water partition coefficient (Wildman–Crippen LogP) is 4.42. The summed E-state index contributed by atoms with van der Waals surface area (Å²) in [6.45, 7) is 8.07. The van der Waals surface area contributed by atoms with E-state index in [2.05, 4.69) is 56.4 Å². The molecule has 0 saturated heterocycles. The van der Waals surface area contributed by atoms with Gasteiger partial charge in [0.15, 0.2) is 0 Å². The summed E-state index contributed by atoms with van der Waals surface area (Å²) in [6, 6.07) is 11.5. The zero-order chi connectivity index (χ0) is 13.2. The van der Waals surface area contributed by atoms with Crippen LogP contribution in [-0.4, -0.2) is 12.6 Å². The summed E-state index contributed by atoms with van der Waals surface area (Å²) in [7, 11) is 0. The lowest BCUT2D eigenvalue weighted by Gasteiger charge is -2.20. The smallest absolute Gasteiger partial charge is 0.00669 e. The Hall–Kier alpha value is -0.820. The molecule has 0 amide bonds. The maximum absolute atomic E-state index is 3.70. The first-order chi connectivity index (χ1) is 8.76. The van der Waals surface area contributed by atoms with Gasteiger partial charge in [-0.1, -0.05) is 57.5 Å². The van der Waals surface area contributed by atoms with Gasteiger partial charge in [0.1, 0.15) is 0 Å². The number of hydrogen-bond acceptors (Lipinski definition) is 1. The number of rotatable bonds is 9. The minimum Gasteiger partial charge on any atom is -0.314 e. The molecule has 1 aromatic rings. The van der Waals surface area contributed by atoms with Crippen molar-refractivity contribution in [2.45, 2.75) is 58.9 Å². The van der Waals surface area contributed by atoms with Crippen molar-refractivity contribution in [2.24, 2.45) is 5.92 Å². The highest BCUT2D eigenvalue weighted by Gasteiger charge is 2.09. The van der Waals surface area contributed by atoms with Gasteiger partial charge >= 0.3 is 0 Å². The van der Waals surface area contributed by atoms with E-state index < -0.39 is 0 Å². The Morgan fingerprint density at radius 1 is 1.06 bits per heavy atom. The topological polar surface area (TPSA) is 12.0 Å². The van der Waals surface area contributed by atoms with Gasteiger partial charge in [-0.15, -0.1) is 0 Å². The fourth-order valence-electron chi connectivity index (χ4n) is 2.29. The second-order valence-electron chi connectivity index (χ2n) is 5.40. The van der Waals surface area contributed by atoms with Crippen LogP contribution in [0, 0.1) is 5.92 Å². The summed E-state index contributed by atoms with van der Waals surface area (Å²) in [5.74, 6) is 0.844. The zero-order valence-electron chi connectivity index (χ0n) is 12.3. The van der Waals surface area contributed by atoms with Crippen LogP contribution in [0.3, 0.4) is 0 Å². The standard InChI is InChI=1S/C17H29N/c1-4-15(3)14-17(5-2)18-13-9-12-16-10-7-6-8-11-16/h6-8,10-11,15,17-18H,4-5,9,12-14H2,1-3H3. The molecule has 1 N–H and O–H groups in total. The van der Waals surface area contributed by atoms with Crippen molar-refractivity contribution in [1.82, 2.24) is 5.32 Å². The molecule has 1 aromatic carbocycles. The Morgan fingerprint density at radius 2 is 1.78 bits per heavy atom. The molecule has 1 rings (SSSR count). The van der Waals surface area contributed by atoms with Gasteiger partial charge in [-0.2, -0.15) is 0 Å². The Balaban J connectivity index is 2.15. The average Bonchev–Trinajstić information content (AvgIpc) is 2.43. The molecule has 0 aliphatic rings. The van der Waals surface area contributed by atoms with E-state index in [1.165, 1.54) is 37.7 Å². The molecule has 0 heterocycles. The fourth-order valence-corrected chi connectivity index (χ4v) is 2.29. The van der Waals surface area contributed by atoms with Crippen molar-refractivity contribution < 1.29 is 0 Å². The molecule has 0 bridgehead atoms. The van der Waals surface area contributed by atoms with Gasteiger partial charge in [-0.05, 0) is 43.7 Å². The van der Waals surface area contributed by atoms with Crippen LogP contribution in [0.1, 0.15) is 52.0 Å². The van der Waals surface area contributed by atoms with Crippen LogP contribution in [0.5, 0.6) is 0 Å². The molecular formula is C17H29N. The third-order valence-corrected chi connectivity index (χ3v) is 3.79. The summed E-state index contributed by atoms with van der Waals surface area (Å²) in [5.41, 5.74) is 1.45. The molecule has 0 aliphatic carbocycles. The van der Waals surface area contributed by atoms with Crippen LogP contribution in [0.2, 0.25) is 0 Å². The monoisotopic (exact) mass is 247 g/mol. The quantitative estimate of drug-likeness (QED) is 0.637. The molecule has 1 heteroatoms. The van der Waals surface area contributed by atoms with Gasteiger partial charge in [0, 0.05) is 6.04 Å². The molecule has 2 unspecified atom stereocenters. The molecule has 0 spiro atoms. The number of benzene rings is 1. The molecule has 1 nitrogen and oxygen atoms in total. The number of aryl methyl sites for hydroxylation is 1. The van der Waals surface area contributed by atoms with Gasteiger partial charge in [0.05, 0.1) is 0 Å². The third kappa shape index (κ3) is 6.20. The van der Waals surface area contributed by atoms with Crippen molar-refractivity contribution in [3.63, 3.8) is 0 Å². The van der Waals surface area contributed by atoms with E-state index in [0.29, 0.717) is 6.04 Å². The summed E-state index contributed by atoms with van der Waals surface area (Å²) < 4.78 is 0. The Bertz CT molecular complexity index is 294. The highest BCUT2D eigenvalue weighted by atomic mass is 14.9. The minimum absolute atomic E-state index is 0.704. The summed E-state index contributed by atoms with van der Waals surface area (Å²) in [4.78, 5) is 0. The Kier molecular flexibility index (Phi) is 7.75. The normalized spacial score (nSPS) is 14.4. The molecule has 0 radical (unpaired) electrons. The number of nitrogens with one attached hydrogen (secondary N) is 1. The molecule has 0 saturated carbocycles. The SMILES string of the molecule is CCC(C)CC(CC)NCCCc1ccccc1. The van der Waals surface area contributed by atoms with Crippen LogP contribution in [0.4, 0.5) is 0 Å². The van der Waals surface area contributed by atoms with E-state index in [9.17, 15) is 0 Å². The van der Waals surface area contributed by atoms with Crippen LogP contribution in [0.25, 0.3) is 0 Å². The second-order valence-corrected chi connectivity index (χ2v) is 5.40.